The smallest absolute Gasteiger partial charge is 0.163 e. The molecule has 1 aromatic carbocycles. The molecule has 0 unspecified atom stereocenters. The Morgan fingerprint density at radius 2 is 2.08 bits per heavy atom. The molecule has 4 aromatic rings. The highest BCUT2D eigenvalue weighted by Gasteiger charge is 2.13. The summed E-state index contributed by atoms with van der Waals surface area (Å²) in [6.07, 6.45) is 3.64. The summed E-state index contributed by atoms with van der Waals surface area (Å²) in [6.45, 7) is 0. The molecule has 126 valence electrons. The van der Waals surface area contributed by atoms with E-state index >= 15 is 0 Å². The van der Waals surface area contributed by atoms with E-state index < -0.39 is 0 Å². The first kappa shape index (κ1) is 16.0. The van der Waals surface area contributed by atoms with Crippen LogP contribution in [0.1, 0.15) is 16.0 Å². The monoisotopic (exact) mass is 359 g/mol. The van der Waals surface area contributed by atoms with Gasteiger partial charge in [0.1, 0.15) is 16.4 Å². The van der Waals surface area contributed by atoms with Crippen molar-refractivity contribution < 1.29 is 5.11 Å². The van der Waals surface area contributed by atoms with Crippen molar-refractivity contribution in [3.8, 4) is 23.2 Å². The Hall–Kier alpha value is -3.50. The Balaban J connectivity index is 1.76. The van der Waals surface area contributed by atoms with E-state index in [9.17, 15) is 5.11 Å². The first-order valence-corrected chi connectivity index (χ1v) is 8.64. The summed E-state index contributed by atoms with van der Waals surface area (Å²) in [6, 6.07) is 13.0. The lowest BCUT2D eigenvalue weighted by Gasteiger charge is -2.02. The van der Waals surface area contributed by atoms with Crippen LogP contribution in [0.3, 0.4) is 0 Å². The van der Waals surface area contributed by atoms with Crippen molar-refractivity contribution in [2.75, 3.05) is 5.73 Å². The van der Waals surface area contributed by atoms with Gasteiger partial charge >= 0.3 is 0 Å². The molecule has 0 spiro atoms. The van der Waals surface area contributed by atoms with Gasteiger partial charge in [-0.15, -0.1) is 11.3 Å². The highest BCUT2D eigenvalue weighted by molar-refractivity contribution is 7.18. The number of nitrogens with zero attached hydrogens (tertiary/aromatic N) is 4. The standard InChI is InChI=1S/C19H13N5OS/c20-9-11-2-1-3-13(6-11)18-23-17(21)15-8-14(26-19(15)24-18)7-12-4-5-22-10-16(12)25/h1-6,8,10,25H,7H2,(H2,21,23,24). The minimum atomic E-state index is 0.165. The molecule has 0 saturated carbocycles. The number of fused-ring (bicyclic) bond motifs is 1. The van der Waals surface area contributed by atoms with Crippen molar-refractivity contribution in [2.45, 2.75) is 6.42 Å². The normalized spacial score (nSPS) is 10.7. The van der Waals surface area contributed by atoms with E-state index in [4.69, 9.17) is 11.0 Å². The van der Waals surface area contributed by atoms with Crippen molar-refractivity contribution in [1.29, 1.82) is 5.26 Å². The molecule has 6 nitrogen and oxygen atoms in total. The van der Waals surface area contributed by atoms with Crippen molar-refractivity contribution in [2.24, 2.45) is 0 Å². The minimum absolute atomic E-state index is 0.165. The van der Waals surface area contributed by atoms with E-state index in [1.165, 1.54) is 17.5 Å². The van der Waals surface area contributed by atoms with Crippen molar-refractivity contribution in [1.82, 2.24) is 15.0 Å². The summed E-state index contributed by atoms with van der Waals surface area (Å²) < 4.78 is 0. The van der Waals surface area contributed by atoms with Crippen LogP contribution >= 0.6 is 11.3 Å². The predicted molar refractivity (Wildman–Crippen MR) is 101 cm³/mol. The number of nitrogens with two attached hydrogens (primary N) is 1. The number of rotatable bonds is 3. The lowest BCUT2D eigenvalue weighted by atomic mass is 10.1. The quantitative estimate of drug-likeness (QED) is 0.579. The summed E-state index contributed by atoms with van der Waals surface area (Å²) in [7, 11) is 0. The fourth-order valence-electron chi connectivity index (χ4n) is 2.69. The van der Waals surface area contributed by atoms with E-state index in [-0.39, 0.29) is 5.75 Å². The van der Waals surface area contributed by atoms with Crippen LogP contribution in [0.15, 0.2) is 48.8 Å². The maximum absolute atomic E-state index is 9.91. The third-order valence-corrected chi connectivity index (χ3v) is 5.00. The zero-order valence-corrected chi connectivity index (χ0v) is 14.4. The molecule has 0 radical (unpaired) electrons. The van der Waals surface area contributed by atoms with Crippen LogP contribution in [0, 0.1) is 11.3 Å². The Labute approximate surface area is 153 Å². The Morgan fingerprint density at radius 3 is 2.88 bits per heavy atom. The Kier molecular flexibility index (Phi) is 3.95. The second-order valence-corrected chi connectivity index (χ2v) is 6.85. The first-order valence-electron chi connectivity index (χ1n) is 7.82. The maximum Gasteiger partial charge on any atom is 0.163 e. The number of aromatic nitrogens is 3. The number of hydrogen-bond acceptors (Lipinski definition) is 7. The number of thiophene rings is 1. The number of nitriles is 1. The van der Waals surface area contributed by atoms with Crippen molar-refractivity contribution in [3.63, 3.8) is 0 Å². The number of nitrogen functional groups attached to an aromatic ring is 1. The summed E-state index contributed by atoms with van der Waals surface area (Å²) in [5.41, 5.74) is 8.22. The average molecular weight is 359 g/mol. The Bertz CT molecular complexity index is 1160. The maximum atomic E-state index is 9.91. The number of benzene rings is 1. The van der Waals surface area contributed by atoms with Gasteiger partial charge in [0.25, 0.3) is 0 Å². The van der Waals surface area contributed by atoms with E-state index in [1.54, 1.807) is 30.5 Å². The third kappa shape index (κ3) is 2.94. The van der Waals surface area contributed by atoms with Crippen LogP contribution in [-0.4, -0.2) is 20.1 Å². The molecule has 0 amide bonds. The highest BCUT2D eigenvalue weighted by Crippen LogP contribution is 2.32. The molecule has 0 aliphatic rings. The van der Waals surface area contributed by atoms with E-state index in [2.05, 4.69) is 21.0 Å². The number of aromatic hydroxyl groups is 1. The lowest BCUT2D eigenvalue weighted by Crippen LogP contribution is -1.96. The number of hydrogen-bond donors (Lipinski definition) is 2. The van der Waals surface area contributed by atoms with Crippen LogP contribution in [0.4, 0.5) is 5.82 Å². The van der Waals surface area contributed by atoms with E-state index in [0.29, 0.717) is 23.6 Å². The minimum Gasteiger partial charge on any atom is -0.506 e. The van der Waals surface area contributed by atoms with Gasteiger partial charge in [-0.25, -0.2) is 9.97 Å². The predicted octanol–water partition coefficient (Wildman–Crippen LogP) is 3.50. The molecule has 26 heavy (non-hydrogen) atoms. The van der Waals surface area contributed by atoms with Gasteiger partial charge < -0.3 is 10.8 Å². The number of anilines is 1. The fraction of sp³-hybridized carbons (Fsp3) is 0.0526. The molecule has 3 aromatic heterocycles. The molecular weight excluding hydrogens is 346 g/mol. The molecular formula is C19H13N5OS. The van der Waals surface area contributed by atoms with Gasteiger partial charge in [0.05, 0.1) is 23.2 Å². The molecule has 7 heteroatoms. The fourth-order valence-corrected chi connectivity index (χ4v) is 3.75. The van der Waals surface area contributed by atoms with Crippen LogP contribution in [0.2, 0.25) is 0 Å². The van der Waals surface area contributed by atoms with Crippen LogP contribution in [0.5, 0.6) is 5.75 Å². The second-order valence-electron chi connectivity index (χ2n) is 5.74. The topological polar surface area (TPSA) is 109 Å². The molecule has 3 N–H and O–H groups in total. The lowest BCUT2D eigenvalue weighted by molar-refractivity contribution is 0.467. The van der Waals surface area contributed by atoms with Gasteiger partial charge in [0, 0.05) is 28.6 Å². The van der Waals surface area contributed by atoms with Gasteiger partial charge in [-0.2, -0.15) is 5.26 Å². The van der Waals surface area contributed by atoms with Crippen molar-refractivity contribution >= 4 is 27.4 Å². The first-order chi connectivity index (χ1) is 12.6. The zero-order valence-electron chi connectivity index (χ0n) is 13.5. The van der Waals surface area contributed by atoms with Crippen LogP contribution in [-0.2, 0) is 6.42 Å². The SMILES string of the molecule is N#Cc1cccc(-c2nc(N)c3cc(Cc4ccncc4O)sc3n2)c1. The summed E-state index contributed by atoms with van der Waals surface area (Å²) in [5.74, 6) is 1.05. The van der Waals surface area contributed by atoms with E-state index in [1.807, 2.05) is 12.1 Å². The van der Waals surface area contributed by atoms with Gasteiger partial charge in [-0.3, -0.25) is 4.98 Å². The average Bonchev–Trinajstić information content (AvgIpc) is 3.07. The summed E-state index contributed by atoms with van der Waals surface area (Å²) >= 11 is 1.51. The number of pyridine rings is 1. The van der Waals surface area contributed by atoms with Gasteiger partial charge in [0.15, 0.2) is 5.82 Å². The highest BCUT2D eigenvalue weighted by atomic mass is 32.1. The van der Waals surface area contributed by atoms with Crippen molar-refractivity contribution in [3.05, 3.63) is 64.8 Å². The second kappa shape index (κ2) is 6.43. The molecule has 4 rings (SSSR count). The summed E-state index contributed by atoms with van der Waals surface area (Å²) in [4.78, 5) is 14.7. The van der Waals surface area contributed by atoms with Crippen LogP contribution in [0.25, 0.3) is 21.6 Å². The molecule has 0 fully saturated rings. The molecule has 0 atom stereocenters. The molecule has 3 heterocycles. The molecule has 0 bridgehead atoms. The van der Waals surface area contributed by atoms with Crippen LogP contribution < -0.4 is 5.73 Å². The molecule has 0 aliphatic heterocycles. The zero-order chi connectivity index (χ0) is 18.1. The van der Waals surface area contributed by atoms with Gasteiger partial charge in [-0.1, -0.05) is 12.1 Å². The molecule has 0 aliphatic carbocycles. The third-order valence-electron chi connectivity index (χ3n) is 3.98. The largest absolute Gasteiger partial charge is 0.506 e. The van der Waals surface area contributed by atoms with E-state index in [0.717, 1.165) is 26.2 Å². The summed E-state index contributed by atoms with van der Waals surface area (Å²) in [5, 5.41) is 19.8. The Morgan fingerprint density at radius 1 is 1.19 bits per heavy atom. The molecule has 0 saturated heterocycles. The van der Waals surface area contributed by atoms with Gasteiger partial charge in [0.2, 0.25) is 0 Å². The van der Waals surface area contributed by atoms with Gasteiger partial charge in [-0.05, 0) is 24.3 Å².